The Kier molecular flexibility index (Phi) is 5.19. The highest BCUT2D eigenvalue weighted by Gasteiger charge is 2.39. The van der Waals surface area contributed by atoms with Crippen molar-refractivity contribution in [1.29, 1.82) is 0 Å². The van der Waals surface area contributed by atoms with Gasteiger partial charge in [0.25, 0.3) is 0 Å². The third-order valence-electron chi connectivity index (χ3n) is 4.15. The number of nitrogens with zero attached hydrogens (tertiary/aromatic N) is 1. The molecule has 1 spiro atoms. The number of carbonyl (C=O) groups excluding carboxylic acids is 1. The van der Waals surface area contributed by atoms with Crippen LogP contribution in [0.1, 0.15) is 39.5 Å². The summed E-state index contributed by atoms with van der Waals surface area (Å²) in [5.41, 5.74) is 0. The van der Waals surface area contributed by atoms with E-state index in [1.807, 2.05) is 0 Å². The molecule has 0 aromatic carbocycles. The van der Waals surface area contributed by atoms with Crippen molar-refractivity contribution in [1.82, 2.24) is 10.2 Å². The van der Waals surface area contributed by atoms with Gasteiger partial charge in [-0.15, -0.1) is 0 Å². The molecule has 2 rings (SSSR count). The average molecular weight is 270 g/mol. The SMILES string of the molecule is CCC(CC)NC(=O)CN1CCC2(CC1)OCCO2. The number of hydrogen-bond donors (Lipinski definition) is 1. The van der Waals surface area contributed by atoms with Crippen LogP contribution in [0.2, 0.25) is 0 Å². The van der Waals surface area contributed by atoms with E-state index in [-0.39, 0.29) is 11.7 Å². The highest BCUT2D eigenvalue weighted by molar-refractivity contribution is 5.78. The topological polar surface area (TPSA) is 50.8 Å². The molecule has 5 heteroatoms. The van der Waals surface area contributed by atoms with Crippen LogP contribution in [0.5, 0.6) is 0 Å². The summed E-state index contributed by atoms with van der Waals surface area (Å²) in [6.07, 6.45) is 3.72. The van der Waals surface area contributed by atoms with Crippen molar-refractivity contribution < 1.29 is 14.3 Å². The predicted octanol–water partition coefficient (Wildman–Crippen LogP) is 1.13. The molecule has 0 aliphatic carbocycles. The summed E-state index contributed by atoms with van der Waals surface area (Å²) in [5.74, 6) is -0.208. The number of rotatable bonds is 5. The van der Waals surface area contributed by atoms with Gasteiger partial charge in [0, 0.05) is 32.0 Å². The van der Waals surface area contributed by atoms with Crippen LogP contribution in [0.3, 0.4) is 0 Å². The van der Waals surface area contributed by atoms with Crippen molar-refractivity contribution in [3.63, 3.8) is 0 Å². The van der Waals surface area contributed by atoms with Crippen LogP contribution in [0.25, 0.3) is 0 Å². The monoisotopic (exact) mass is 270 g/mol. The second kappa shape index (κ2) is 6.68. The largest absolute Gasteiger partial charge is 0.352 e. The summed E-state index contributed by atoms with van der Waals surface area (Å²) < 4.78 is 11.4. The Morgan fingerprint density at radius 1 is 1.21 bits per heavy atom. The molecule has 2 heterocycles. The first kappa shape index (κ1) is 14.8. The van der Waals surface area contributed by atoms with Crippen LogP contribution in [0.15, 0.2) is 0 Å². The number of hydrogen-bond acceptors (Lipinski definition) is 4. The molecule has 110 valence electrons. The van der Waals surface area contributed by atoms with E-state index in [0.717, 1.165) is 38.8 Å². The van der Waals surface area contributed by atoms with Gasteiger partial charge >= 0.3 is 0 Å². The van der Waals surface area contributed by atoms with Crippen molar-refractivity contribution in [3.8, 4) is 0 Å². The zero-order valence-corrected chi connectivity index (χ0v) is 12.1. The second-order valence-electron chi connectivity index (χ2n) is 5.46. The molecule has 5 nitrogen and oxygen atoms in total. The van der Waals surface area contributed by atoms with Gasteiger partial charge < -0.3 is 14.8 Å². The quantitative estimate of drug-likeness (QED) is 0.813. The molecule has 2 saturated heterocycles. The number of likely N-dealkylation sites (tertiary alicyclic amines) is 1. The highest BCUT2D eigenvalue weighted by atomic mass is 16.7. The first-order valence-corrected chi connectivity index (χ1v) is 7.47. The van der Waals surface area contributed by atoms with E-state index in [1.165, 1.54) is 0 Å². The summed E-state index contributed by atoms with van der Waals surface area (Å²) in [7, 11) is 0. The Morgan fingerprint density at radius 3 is 2.32 bits per heavy atom. The molecular weight excluding hydrogens is 244 g/mol. The molecule has 0 bridgehead atoms. The maximum Gasteiger partial charge on any atom is 0.234 e. The van der Waals surface area contributed by atoms with Gasteiger partial charge in [-0.1, -0.05) is 13.8 Å². The summed E-state index contributed by atoms with van der Waals surface area (Å²) >= 11 is 0. The molecule has 2 aliphatic rings. The fraction of sp³-hybridized carbons (Fsp3) is 0.929. The maximum atomic E-state index is 11.9. The summed E-state index contributed by atoms with van der Waals surface area (Å²) in [4.78, 5) is 14.1. The van der Waals surface area contributed by atoms with E-state index in [0.29, 0.717) is 25.8 Å². The minimum atomic E-state index is -0.345. The first-order valence-electron chi connectivity index (χ1n) is 7.47. The van der Waals surface area contributed by atoms with Gasteiger partial charge in [-0.2, -0.15) is 0 Å². The maximum absolute atomic E-state index is 11.9. The van der Waals surface area contributed by atoms with Crippen LogP contribution >= 0.6 is 0 Å². The summed E-state index contributed by atoms with van der Waals surface area (Å²) in [6.45, 7) is 7.85. The molecule has 0 aromatic rings. The normalized spacial score (nSPS) is 23.1. The minimum Gasteiger partial charge on any atom is -0.352 e. The molecule has 2 fully saturated rings. The standard InChI is InChI=1S/C14H26N2O3/c1-3-12(4-2)15-13(17)11-16-7-5-14(6-8-16)18-9-10-19-14/h12H,3-11H2,1-2H3,(H,15,17). The van der Waals surface area contributed by atoms with Gasteiger partial charge in [-0.25, -0.2) is 0 Å². The van der Waals surface area contributed by atoms with Gasteiger partial charge in [-0.3, -0.25) is 9.69 Å². The Balaban J connectivity index is 1.71. The van der Waals surface area contributed by atoms with Gasteiger partial charge in [0.15, 0.2) is 5.79 Å². The smallest absolute Gasteiger partial charge is 0.234 e. The van der Waals surface area contributed by atoms with Crippen LogP contribution in [0.4, 0.5) is 0 Å². The molecule has 0 unspecified atom stereocenters. The number of amides is 1. The van der Waals surface area contributed by atoms with E-state index < -0.39 is 0 Å². The molecule has 19 heavy (non-hydrogen) atoms. The van der Waals surface area contributed by atoms with E-state index in [4.69, 9.17) is 9.47 Å². The van der Waals surface area contributed by atoms with E-state index in [1.54, 1.807) is 0 Å². The number of nitrogens with one attached hydrogen (secondary N) is 1. The van der Waals surface area contributed by atoms with Crippen LogP contribution in [-0.2, 0) is 14.3 Å². The van der Waals surface area contributed by atoms with Crippen LogP contribution < -0.4 is 5.32 Å². The zero-order valence-electron chi connectivity index (χ0n) is 12.1. The van der Waals surface area contributed by atoms with E-state index in [9.17, 15) is 4.79 Å². The summed E-state index contributed by atoms with van der Waals surface area (Å²) in [5, 5.41) is 3.08. The first-order chi connectivity index (χ1) is 9.17. The van der Waals surface area contributed by atoms with E-state index >= 15 is 0 Å². The number of carbonyl (C=O) groups is 1. The fourth-order valence-electron chi connectivity index (χ4n) is 2.81. The molecule has 0 atom stereocenters. The molecule has 0 aromatic heterocycles. The van der Waals surface area contributed by atoms with Crippen molar-refractivity contribution in [3.05, 3.63) is 0 Å². The molecule has 1 N–H and O–H groups in total. The molecule has 2 aliphatic heterocycles. The molecular formula is C14H26N2O3. The third kappa shape index (κ3) is 3.91. The lowest BCUT2D eigenvalue weighted by Gasteiger charge is -2.37. The minimum absolute atomic E-state index is 0.137. The van der Waals surface area contributed by atoms with Gasteiger partial charge in [0.05, 0.1) is 19.8 Å². The highest BCUT2D eigenvalue weighted by Crippen LogP contribution is 2.30. The lowest BCUT2D eigenvalue weighted by molar-refractivity contribution is -0.185. The number of ether oxygens (including phenoxy) is 2. The van der Waals surface area contributed by atoms with Crippen molar-refractivity contribution >= 4 is 5.91 Å². The van der Waals surface area contributed by atoms with Gasteiger partial charge in [-0.05, 0) is 12.8 Å². The predicted molar refractivity (Wildman–Crippen MR) is 72.8 cm³/mol. The lowest BCUT2D eigenvalue weighted by atomic mass is 10.0. The molecule has 1 amide bonds. The third-order valence-corrected chi connectivity index (χ3v) is 4.15. The van der Waals surface area contributed by atoms with Gasteiger partial charge in [0.1, 0.15) is 0 Å². The van der Waals surface area contributed by atoms with Crippen LogP contribution in [0, 0.1) is 0 Å². The lowest BCUT2D eigenvalue weighted by Crippen LogP contribution is -2.49. The fourth-order valence-corrected chi connectivity index (χ4v) is 2.81. The van der Waals surface area contributed by atoms with Crippen molar-refractivity contribution in [2.24, 2.45) is 0 Å². The Morgan fingerprint density at radius 2 is 1.79 bits per heavy atom. The summed E-state index contributed by atoms with van der Waals surface area (Å²) in [6, 6.07) is 0.310. The van der Waals surface area contributed by atoms with E-state index in [2.05, 4.69) is 24.1 Å². The van der Waals surface area contributed by atoms with Crippen molar-refractivity contribution in [2.45, 2.75) is 51.4 Å². The Bertz CT molecular complexity index is 289. The van der Waals surface area contributed by atoms with Crippen molar-refractivity contribution in [2.75, 3.05) is 32.8 Å². The molecule has 0 radical (unpaired) electrons. The Labute approximate surface area is 115 Å². The van der Waals surface area contributed by atoms with Crippen LogP contribution in [-0.4, -0.2) is 55.5 Å². The molecule has 0 saturated carbocycles. The second-order valence-corrected chi connectivity index (χ2v) is 5.46. The zero-order chi connectivity index (χ0) is 13.7. The van der Waals surface area contributed by atoms with Gasteiger partial charge in [0.2, 0.25) is 5.91 Å². The Hall–Kier alpha value is -0.650. The number of piperidine rings is 1. The average Bonchev–Trinajstić information content (AvgIpc) is 2.87.